The molecule has 0 aliphatic rings. The third-order valence-corrected chi connectivity index (χ3v) is 2.05. The van der Waals surface area contributed by atoms with E-state index in [9.17, 15) is 0 Å². The molecule has 0 aliphatic carbocycles. The predicted molar refractivity (Wildman–Crippen MR) is 60.4 cm³/mol. The first-order valence-electron chi connectivity index (χ1n) is 5.05. The molecular formula is C12H21N2+. The molecule has 0 aromatic carbocycles. The van der Waals surface area contributed by atoms with Crippen LogP contribution in [0.15, 0.2) is 24.5 Å². The van der Waals surface area contributed by atoms with Crippen LogP contribution in [0.2, 0.25) is 0 Å². The van der Waals surface area contributed by atoms with Crippen LogP contribution < -0.4 is 9.47 Å². The zero-order valence-electron chi connectivity index (χ0n) is 9.91. The molecule has 2 heteroatoms. The molecule has 78 valence electrons. The van der Waals surface area contributed by atoms with Crippen LogP contribution in [0.25, 0.3) is 0 Å². The molecular weight excluding hydrogens is 172 g/mol. The second-order valence-electron chi connectivity index (χ2n) is 5.18. The van der Waals surface area contributed by atoms with Gasteiger partial charge in [0.15, 0.2) is 18.9 Å². The zero-order chi connectivity index (χ0) is 10.8. The summed E-state index contributed by atoms with van der Waals surface area (Å²) in [5.74, 6) is 0. The monoisotopic (exact) mass is 193 g/mol. The van der Waals surface area contributed by atoms with Gasteiger partial charge in [-0.1, -0.05) is 20.8 Å². The lowest BCUT2D eigenvalue weighted by Gasteiger charge is -2.14. The van der Waals surface area contributed by atoms with Gasteiger partial charge in [-0.3, -0.25) is 0 Å². The largest absolute Gasteiger partial charge is 0.377 e. The van der Waals surface area contributed by atoms with Gasteiger partial charge in [0, 0.05) is 37.3 Å². The number of aromatic nitrogens is 1. The van der Waals surface area contributed by atoms with Crippen molar-refractivity contribution < 1.29 is 4.57 Å². The minimum Gasteiger partial charge on any atom is -0.377 e. The summed E-state index contributed by atoms with van der Waals surface area (Å²) < 4.78 is 2.23. The van der Waals surface area contributed by atoms with Crippen LogP contribution in [-0.4, -0.2) is 14.1 Å². The Kier molecular flexibility index (Phi) is 3.14. The second-order valence-corrected chi connectivity index (χ2v) is 5.18. The summed E-state index contributed by atoms with van der Waals surface area (Å²) in [5, 5.41) is 0. The molecule has 0 spiro atoms. The van der Waals surface area contributed by atoms with Crippen molar-refractivity contribution in [2.45, 2.75) is 27.3 Å². The number of hydrogen-bond acceptors (Lipinski definition) is 1. The summed E-state index contributed by atoms with van der Waals surface area (Å²) in [6, 6.07) is 4.29. The smallest absolute Gasteiger partial charge is 0.170 e. The Labute approximate surface area is 87.2 Å². The lowest BCUT2D eigenvalue weighted by atomic mass is 9.97. The average Bonchev–Trinajstić information content (AvgIpc) is 2.02. The van der Waals surface area contributed by atoms with Crippen LogP contribution in [0.4, 0.5) is 5.69 Å². The number of hydrogen-bond donors (Lipinski definition) is 0. The van der Waals surface area contributed by atoms with Gasteiger partial charge in [-0.15, -0.1) is 0 Å². The molecule has 0 atom stereocenters. The lowest BCUT2D eigenvalue weighted by Crippen LogP contribution is -2.39. The first-order valence-corrected chi connectivity index (χ1v) is 5.05. The van der Waals surface area contributed by atoms with E-state index in [1.54, 1.807) is 0 Å². The van der Waals surface area contributed by atoms with Crippen LogP contribution >= 0.6 is 0 Å². The molecule has 14 heavy (non-hydrogen) atoms. The van der Waals surface area contributed by atoms with Gasteiger partial charge in [0.1, 0.15) is 0 Å². The Balaban J connectivity index is 2.74. The Bertz CT molecular complexity index is 280. The fourth-order valence-corrected chi connectivity index (χ4v) is 1.40. The van der Waals surface area contributed by atoms with Crippen LogP contribution in [0.3, 0.4) is 0 Å². The van der Waals surface area contributed by atoms with Gasteiger partial charge in [0.2, 0.25) is 0 Å². The first kappa shape index (κ1) is 11.0. The van der Waals surface area contributed by atoms with Gasteiger partial charge in [0.25, 0.3) is 0 Å². The third kappa shape index (κ3) is 3.36. The fraction of sp³-hybridized carbons (Fsp3) is 0.583. The predicted octanol–water partition coefficient (Wildman–Crippen LogP) is 2.09. The van der Waals surface area contributed by atoms with Gasteiger partial charge in [0.05, 0.1) is 0 Å². The van der Waals surface area contributed by atoms with Gasteiger partial charge in [-0.25, -0.2) is 4.57 Å². The molecule has 0 fully saturated rings. The molecule has 0 bridgehead atoms. The molecule has 1 aromatic rings. The SMILES string of the molecule is CN(C)c1cc[n+](CC(C)(C)C)cc1. The van der Waals surface area contributed by atoms with E-state index in [0.29, 0.717) is 5.41 Å². The average molecular weight is 193 g/mol. The standard InChI is InChI=1S/C12H21N2/c1-12(2,3)10-14-8-6-11(7-9-14)13(4)5/h6-9H,10H2,1-5H3/q+1. The molecule has 0 N–H and O–H groups in total. The molecule has 0 radical (unpaired) electrons. The van der Waals surface area contributed by atoms with Crippen molar-refractivity contribution >= 4 is 5.69 Å². The Hall–Kier alpha value is -1.05. The second kappa shape index (κ2) is 3.99. The van der Waals surface area contributed by atoms with E-state index < -0.39 is 0 Å². The summed E-state index contributed by atoms with van der Waals surface area (Å²) in [6.45, 7) is 7.81. The van der Waals surface area contributed by atoms with Crippen molar-refractivity contribution in [3.05, 3.63) is 24.5 Å². The zero-order valence-corrected chi connectivity index (χ0v) is 9.91. The van der Waals surface area contributed by atoms with E-state index in [1.807, 2.05) is 0 Å². The van der Waals surface area contributed by atoms with Crippen molar-refractivity contribution in [1.29, 1.82) is 0 Å². The van der Waals surface area contributed by atoms with E-state index in [-0.39, 0.29) is 0 Å². The highest BCUT2D eigenvalue weighted by Crippen LogP contribution is 2.13. The number of nitrogens with zero attached hydrogens (tertiary/aromatic N) is 2. The maximum atomic E-state index is 2.25. The van der Waals surface area contributed by atoms with Crippen molar-refractivity contribution in [2.24, 2.45) is 5.41 Å². The fourth-order valence-electron chi connectivity index (χ4n) is 1.40. The molecule has 2 nitrogen and oxygen atoms in total. The minimum atomic E-state index is 0.338. The Morgan fingerprint density at radius 2 is 1.64 bits per heavy atom. The van der Waals surface area contributed by atoms with Crippen LogP contribution in [0.1, 0.15) is 20.8 Å². The van der Waals surface area contributed by atoms with Gasteiger partial charge in [-0.2, -0.15) is 0 Å². The molecule has 0 saturated carbocycles. The van der Waals surface area contributed by atoms with Crippen LogP contribution in [0.5, 0.6) is 0 Å². The van der Waals surface area contributed by atoms with Crippen LogP contribution in [-0.2, 0) is 6.54 Å². The normalized spacial score (nSPS) is 11.5. The van der Waals surface area contributed by atoms with Crippen molar-refractivity contribution in [3.63, 3.8) is 0 Å². The Morgan fingerprint density at radius 1 is 1.14 bits per heavy atom. The minimum absolute atomic E-state index is 0.338. The van der Waals surface area contributed by atoms with Crippen molar-refractivity contribution in [2.75, 3.05) is 19.0 Å². The van der Waals surface area contributed by atoms with E-state index in [0.717, 1.165) is 6.54 Å². The first-order chi connectivity index (χ1) is 6.38. The maximum Gasteiger partial charge on any atom is 0.170 e. The molecule has 1 rings (SSSR count). The summed E-state index contributed by atoms with van der Waals surface area (Å²) >= 11 is 0. The highest BCUT2D eigenvalue weighted by molar-refractivity contribution is 5.41. The molecule has 0 amide bonds. The maximum absolute atomic E-state index is 2.25. The lowest BCUT2D eigenvalue weighted by molar-refractivity contribution is -0.708. The molecule has 0 saturated heterocycles. The van der Waals surface area contributed by atoms with E-state index in [4.69, 9.17) is 0 Å². The quantitative estimate of drug-likeness (QED) is 0.652. The summed E-state index contributed by atoms with van der Waals surface area (Å²) in [7, 11) is 4.12. The van der Waals surface area contributed by atoms with Gasteiger partial charge >= 0.3 is 0 Å². The van der Waals surface area contributed by atoms with Gasteiger partial charge < -0.3 is 4.90 Å². The Morgan fingerprint density at radius 3 is 2.00 bits per heavy atom. The highest BCUT2D eigenvalue weighted by atomic mass is 15.1. The van der Waals surface area contributed by atoms with Crippen LogP contribution in [0, 0.1) is 5.41 Å². The van der Waals surface area contributed by atoms with E-state index >= 15 is 0 Å². The van der Waals surface area contributed by atoms with E-state index in [1.165, 1.54) is 5.69 Å². The molecule has 0 aliphatic heterocycles. The molecule has 1 heterocycles. The van der Waals surface area contributed by atoms with Gasteiger partial charge in [-0.05, 0) is 0 Å². The highest BCUT2D eigenvalue weighted by Gasteiger charge is 2.16. The number of anilines is 1. The van der Waals surface area contributed by atoms with Crippen molar-refractivity contribution in [1.82, 2.24) is 0 Å². The van der Waals surface area contributed by atoms with Crippen molar-refractivity contribution in [3.8, 4) is 0 Å². The molecule has 0 unspecified atom stereocenters. The summed E-state index contributed by atoms with van der Waals surface area (Å²) in [6.07, 6.45) is 4.28. The van der Waals surface area contributed by atoms with E-state index in [2.05, 4.69) is 68.9 Å². The third-order valence-electron chi connectivity index (χ3n) is 2.05. The molecule has 1 aromatic heterocycles. The topological polar surface area (TPSA) is 7.12 Å². The summed E-state index contributed by atoms with van der Waals surface area (Å²) in [5.41, 5.74) is 1.58. The number of rotatable bonds is 2. The number of pyridine rings is 1. The summed E-state index contributed by atoms with van der Waals surface area (Å²) in [4.78, 5) is 2.11.